The highest BCUT2D eigenvalue weighted by molar-refractivity contribution is 5.94. The second-order valence-electron chi connectivity index (χ2n) is 7.71. The van der Waals surface area contributed by atoms with Crippen LogP contribution in [0.1, 0.15) is 33.7 Å². The van der Waals surface area contributed by atoms with Gasteiger partial charge in [-0.15, -0.1) is 0 Å². The average molecular weight is 409 g/mol. The van der Waals surface area contributed by atoms with E-state index in [0.717, 1.165) is 25.1 Å². The Morgan fingerprint density at radius 3 is 2.53 bits per heavy atom. The molecule has 1 atom stereocenters. The minimum Gasteiger partial charge on any atom is -0.493 e. The summed E-state index contributed by atoms with van der Waals surface area (Å²) in [5.74, 6) is 1.02. The molecule has 0 saturated carbocycles. The fraction of sp³-hybridized carbons (Fsp3) is 0.435. The number of pyridine rings is 1. The molecule has 1 aromatic heterocycles. The normalized spacial score (nSPS) is 19.4. The van der Waals surface area contributed by atoms with Crippen molar-refractivity contribution in [2.24, 2.45) is 5.92 Å². The van der Waals surface area contributed by atoms with Gasteiger partial charge in [0.2, 0.25) is 0 Å². The summed E-state index contributed by atoms with van der Waals surface area (Å²) < 4.78 is 11.3. The van der Waals surface area contributed by atoms with E-state index in [1.54, 1.807) is 12.3 Å². The molecule has 158 valence electrons. The summed E-state index contributed by atoms with van der Waals surface area (Å²) in [5, 5.41) is 0. The predicted molar refractivity (Wildman–Crippen MR) is 112 cm³/mol. The van der Waals surface area contributed by atoms with E-state index in [4.69, 9.17) is 9.47 Å². The van der Waals surface area contributed by atoms with Crippen LogP contribution in [-0.2, 0) is 4.74 Å². The van der Waals surface area contributed by atoms with Crippen LogP contribution < -0.4 is 4.74 Å². The lowest BCUT2D eigenvalue weighted by molar-refractivity contribution is 0.0303. The highest BCUT2D eigenvalue weighted by Gasteiger charge is 2.25. The number of carbonyl (C=O) groups excluding carboxylic acids is 2. The lowest BCUT2D eigenvalue weighted by Crippen LogP contribution is -2.41. The fourth-order valence-corrected chi connectivity index (χ4v) is 3.89. The molecular weight excluding hydrogens is 382 g/mol. The third-order valence-electron chi connectivity index (χ3n) is 5.58. The molecule has 2 amide bonds. The number of hydrogen-bond acceptors (Lipinski definition) is 5. The van der Waals surface area contributed by atoms with E-state index >= 15 is 0 Å². The highest BCUT2D eigenvalue weighted by atomic mass is 16.5. The van der Waals surface area contributed by atoms with Crippen LogP contribution in [0, 0.1) is 5.92 Å². The third kappa shape index (κ3) is 4.97. The van der Waals surface area contributed by atoms with Gasteiger partial charge in [-0.25, -0.2) is 0 Å². The second-order valence-corrected chi connectivity index (χ2v) is 7.71. The monoisotopic (exact) mass is 409 g/mol. The molecule has 0 bridgehead atoms. The minimum atomic E-state index is -0.0220. The Hall–Kier alpha value is -2.93. The van der Waals surface area contributed by atoms with Gasteiger partial charge in [-0.2, -0.15) is 0 Å². The van der Waals surface area contributed by atoms with Gasteiger partial charge in [-0.1, -0.05) is 6.07 Å². The molecule has 0 spiro atoms. The van der Waals surface area contributed by atoms with Gasteiger partial charge >= 0.3 is 0 Å². The third-order valence-corrected chi connectivity index (χ3v) is 5.58. The van der Waals surface area contributed by atoms with Crippen LogP contribution in [0.2, 0.25) is 0 Å². The molecule has 1 aromatic carbocycles. The lowest BCUT2D eigenvalue weighted by Gasteiger charge is -2.32. The quantitative estimate of drug-likeness (QED) is 0.759. The molecule has 7 nitrogen and oxygen atoms in total. The van der Waals surface area contributed by atoms with Gasteiger partial charge in [0.1, 0.15) is 11.4 Å². The maximum atomic E-state index is 12.6. The number of hydrogen-bond donors (Lipinski definition) is 0. The van der Waals surface area contributed by atoms with Crippen molar-refractivity contribution in [2.75, 3.05) is 46.0 Å². The number of likely N-dealkylation sites (tertiary alicyclic amines) is 1. The number of amides is 2. The Balaban J connectivity index is 1.29. The summed E-state index contributed by atoms with van der Waals surface area (Å²) in [7, 11) is 0. The van der Waals surface area contributed by atoms with Crippen molar-refractivity contribution in [1.29, 1.82) is 0 Å². The molecule has 0 radical (unpaired) electrons. The number of ether oxygens (including phenoxy) is 2. The molecule has 0 unspecified atom stereocenters. The molecule has 30 heavy (non-hydrogen) atoms. The summed E-state index contributed by atoms with van der Waals surface area (Å²) in [6.07, 6.45) is 3.63. The van der Waals surface area contributed by atoms with E-state index < -0.39 is 0 Å². The molecule has 3 heterocycles. The molecule has 7 heteroatoms. The van der Waals surface area contributed by atoms with Crippen molar-refractivity contribution in [3.8, 4) is 5.75 Å². The van der Waals surface area contributed by atoms with Crippen LogP contribution in [-0.4, -0.2) is 72.6 Å². The molecule has 2 saturated heterocycles. The number of rotatable bonds is 5. The summed E-state index contributed by atoms with van der Waals surface area (Å²) >= 11 is 0. The number of carbonyl (C=O) groups is 2. The van der Waals surface area contributed by atoms with E-state index in [1.807, 2.05) is 46.2 Å². The van der Waals surface area contributed by atoms with Crippen molar-refractivity contribution >= 4 is 11.8 Å². The summed E-state index contributed by atoms with van der Waals surface area (Å²) in [6, 6.07) is 12.7. The van der Waals surface area contributed by atoms with E-state index in [-0.39, 0.29) is 17.7 Å². The van der Waals surface area contributed by atoms with Crippen LogP contribution in [0.4, 0.5) is 0 Å². The van der Waals surface area contributed by atoms with E-state index in [9.17, 15) is 9.59 Å². The molecule has 0 aliphatic carbocycles. The number of aromatic nitrogens is 1. The van der Waals surface area contributed by atoms with E-state index in [1.165, 1.54) is 0 Å². The maximum Gasteiger partial charge on any atom is 0.272 e. The number of benzene rings is 1. The first-order valence-corrected chi connectivity index (χ1v) is 10.5. The molecule has 2 aromatic rings. The molecule has 2 aliphatic rings. The van der Waals surface area contributed by atoms with Crippen molar-refractivity contribution < 1.29 is 19.1 Å². The second kappa shape index (κ2) is 9.71. The minimum absolute atomic E-state index is 0.0220. The predicted octanol–water partition coefficient (Wildman–Crippen LogP) is 2.49. The van der Waals surface area contributed by atoms with Gasteiger partial charge in [0, 0.05) is 43.9 Å². The number of nitrogens with zero attached hydrogens (tertiary/aromatic N) is 3. The first-order chi connectivity index (χ1) is 14.7. The number of morpholine rings is 1. The first-order valence-electron chi connectivity index (χ1n) is 10.5. The smallest absolute Gasteiger partial charge is 0.272 e. The largest absolute Gasteiger partial charge is 0.493 e. The molecular formula is C23H27N3O4. The van der Waals surface area contributed by atoms with Crippen LogP contribution in [0.3, 0.4) is 0 Å². The Bertz CT molecular complexity index is 851. The summed E-state index contributed by atoms with van der Waals surface area (Å²) in [5.41, 5.74) is 1.15. The molecule has 2 fully saturated rings. The van der Waals surface area contributed by atoms with Gasteiger partial charge < -0.3 is 19.3 Å². The maximum absolute atomic E-state index is 12.6. The van der Waals surface area contributed by atoms with Crippen molar-refractivity contribution in [1.82, 2.24) is 14.8 Å². The summed E-state index contributed by atoms with van der Waals surface area (Å²) in [6.45, 7) is 4.41. The van der Waals surface area contributed by atoms with Crippen LogP contribution in [0.5, 0.6) is 5.75 Å². The van der Waals surface area contributed by atoms with Crippen molar-refractivity contribution in [2.45, 2.75) is 12.8 Å². The zero-order valence-corrected chi connectivity index (χ0v) is 17.0. The van der Waals surface area contributed by atoms with Crippen LogP contribution >= 0.6 is 0 Å². The van der Waals surface area contributed by atoms with Gasteiger partial charge in [0.25, 0.3) is 11.8 Å². The first kappa shape index (κ1) is 20.3. The van der Waals surface area contributed by atoms with Crippen LogP contribution in [0.15, 0.2) is 48.7 Å². The topological polar surface area (TPSA) is 72.0 Å². The zero-order chi connectivity index (χ0) is 20.8. The Kier molecular flexibility index (Phi) is 6.59. The van der Waals surface area contributed by atoms with E-state index in [2.05, 4.69) is 4.98 Å². The molecule has 4 rings (SSSR count). The Morgan fingerprint density at radius 1 is 1.00 bits per heavy atom. The Labute approximate surface area is 176 Å². The molecule has 0 N–H and O–H groups in total. The fourth-order valence-electron chi connectivity index (χ4n) is 3.89. The van der Waals surface area contributed by atoms with Crippen LogP contribution in [0.25, 0.3) is 0 Å². The van der Waals surface area contributed by atoms with E-state index in [0.29, 0.717) is 50.7 Å². The standard InChI is InChI=1S/C23H27N3O4/c27-22(25-12-14-29-15-13-25)19-6-8-20(9-7-19)30-17-18-4-3-11-26(16-18)23(28)21-5-1-2-10-24-21/h1-2,5-10,18H,3-4,11-17H2/t18-/m0/s1. The van der Waals surface area contributed by atoms with Gasteiger partial charge in [-0.05, 0) is 49.2 Å². The SMILES string of the molecule is O=C(c1ccc(OC[C@H]2CCCN(C(=O)c3ccccn3)C2)cc1)N1CCOCC1. The average Bonchev–Trinajstić information content (AvgIpc) is 2.83. The zero-order valence-electron chi connectivity index (χ0n) is 17.0. The van der Waals surface area contributed by atoms with Crippen molar-refractivity contribution in [3.63, 3.8) is 0 Å². The molecule has 2 aliphatic heterocycles. The Morgan fingerprint density at radius 2 is 1.80 bits per heavy atom. The van der Waals surface area contributed by atoms with Gasteiger partial charge in [0.05, 0.1) is 19.8 Å². The number of piperidine rings is 1. The lowest BCUT2D eigenvalue weighted by atomic mass is 9.98. The van der Waals surface area contributed by atoms with Gasteiger partial charge in [0.15, 0.2) is 0 Å². The van der Waals surface area contributed by atoms with Crippen molar-refractivity contribution in [3.05, 3.63) is 59.9 Å². The van der Waals surface area contributed by atoms with Gasteiger partial charge in [-0.3, -0.25) is 14.6 Å². The highest BCUT2D eigenvalue weighted by Crippen LogP contribution is 2.21. The summed E-state index contributed by atoms with van der Waals surface area (Å²) in [4.78, 5) is 33.0.